The Morgan fingerprint density at radius 3 is 2.07 bits per heavy atom. The Hall–Kier alpha value is -0.170. The fourth-order valence-corrected chi connectivity index (χ4v) is 2.66. The Morgan fingerprint density at radius 2 is 1.71 bits per heavy atom. The van der Waals surface area contributed by atoms with Crippen LogP contribution in [0, 0.1) is 5.92 Å². The predicted molar refractivity (Wildman–Crippen MR) is 50.3 cm³/mol. The summed E-state index contributed by atoms with van der Waals surface area (Å²) in [6.07, 6.45) is 1.20. The normalized spacial score (nSPS) is 21.9. The lowest BCUT2D eigenvalue weighted by Crippen LogP contribution is -2.49. The third-order valence-electron chi connectivity index (χ3n) is 2.64. The van der Waals surface area contributed by atoms with Crippen molar-refractivity contribution >= 4 is 10.1 Å². The minimum absolute atomic E-state index is 0.0397. The van der Waals surface area contributed by atoms with Crippen LogP contribution in [0.4, 0.5) is 0 Å². The SMILES string of the molecule is COC1(OC)CC(CS(=O)(=O)OC)C1. The molecular formula is C8H16O5S. The smallest absolute Gasteiger partial charge is 0.267 e. The number of hydrogen-bond acceptors (Lipinski definition) is 5. The molecule has 5 nitrogen and oxygen atoms in total. The van der Waals surface area contributed by atoms with Gasteiger partial charge in [0.2, 0.25) is 0 Å². The molecule has 1 aliphatic rings. The van der Waals surface area contributed by atoms with Crippen LogP contribution in [0.2, 0.25) is 0 Å². The Kier molecular flexibility index (Phi) is 3.52. The maximum absolute atomic E-state index is 11.1. The zero-order chi connectivity index (χ0) is 10.8. The zero-order valence-corrected chi connectivity index (χ0v) is 9.46. The zero-order valence-electron chi connectivity index (χ0n) is 8.65. The van der Waals surface area contributed by atoms with Gasteiger partial charge in [0.05, 0.1) is 12.9 Å². The van der Waals surface area contributed by atoms with Crippen LogP contribution in [0.1, 0.15) is 12.8 Å². The standard InChI is InChI=1S/C8H16O5S/c1-11-8(12-2)4-7(5-8)6-14(9,10)13-3/h7H,4-6H2,1-3H3. The molecule has 84 valence electrons. The summed E-state index contributed by atoms with van der Waals surface area (Å²) in [5.41, 5.74) is 0. The first-order valence-electron chi connectivity index (χ1n) is 4.35. The summed E-state index contributed by atoms with van der Waals surface area (Å²) in [7, 11) is 0.937. The first-order chi connectivity index (χ1) is 6.47. The summed E-state index contributed by atoms with van der Waals surface area (Å²) in [6, 6.07) is 0. The molecule has 1 saturated carbocycles. The molecule has 0 aromatic heterocycles. The quantitative estimate of drug-likeness (QED) is 0.498. The van der Waals surface area contributed by atoms with Gasteiger partial charge in [-0.15, -0.1) is 0 Å². The van der Waals surface area contributed by atoms with Gasteiger partial charge in [0.15, 0.2) is 5.79 Å². The molecule has 0 radical (unpaired) electrons. The highest BCUT2D eigenvalue weighted by Crippen LogP contribution is 2.41. The third-order valence-corrected chi connectivity index (χ3v) is 4.02. The van der Waals surface area contributed by atoms with Crippen LogP contribution in [0.3, 0.4) is 0 Å². The van der Waals surface area contributed by atoms with Gasteiger partial charge in [-0.05, 0) is 5.92 Å². The third kappa shape index (κ3) is 2.44. The lowest BCUT2D eigenvalue weighted by molar-refractivity contribution is -0.266. The van der Waals surface area contributed by atoms with Crippen molar-refractivity contribution in [1.82, 2.24) is 0 Å². The van der Waals surface area contributed by atoms with Crippen molar-refractivity contribution in [3.05, 3.63) is 0 Å². The summed E-state index contributed by atoms with van der Waals surface area (Å²) in [4.78, 5) is 0. The molecule has 0 aromatic rings. The highest BCUT2D eigenvalue weighted by atomic mass is 32.2. The van der Waals surface area contributed by atoms with Crippen molar-refractivity contribution in [2.45, 2.75) is 18.6 Å². The molecule has 0 heterocycles. The molecule has 1 fully saturated rings. The first-order valence-corrected chi connectivity index (χ1v) is 5.93. The van der Waals surface area contributed by atoms with Gasteiger partial charge in [0.1, 0.15) is 0 Å². The molecule has 0 aromatic carbocycles. The Morgan fingerprint density at radius 1 is 1.21 bits per heavy atom. The summed E-state index contributed by atoms with van der Waals surface area (Å²) >= 11 is 0. The molecule has 0 aliphatic heterocycles. The summed E-state index contributed by atoms with van der Waals surface area (Å²) < 4.78 is 36.8. The summed E-state index contributed by atoms with van der Waals surface area (Å²) in [5.74, 6) is -0.467. The minimum atomic E-state index is -3.36. The predicted octanol–water partition coefficient (Wildman–Crippen LogP) is 0.362. The minimum Gasteiger partial charge on any atom is -0.353 e. The van der Waals surface area contributed by atoms with Gasteiger partial charge in [0, 0.05) is 27.1 Å². The molecule has 0 bridgehead atoms. The molecule has 0 N–H and O–H groups in total. The highest BCUT2D eigenvalue weighted by Gasteiger charge is 2.46. The van der Waals surface area contributed by atoms with E-state index in [-0.39, 0.29) is 11.7 Å². The van der Waals surface area contributed by atoms with Gasteiger partial charge in [-0.2, -0.15) is 8.42 Å². The lowest BCUT2D eigenvalue weighted by Gasteiger charge is -2.44. The average Bonchev–Trinajstić information content (AvgIpc) is 2.11. The largest absolute Gasteiger partial charge is 0.353 e. The molecule has 0 spiro atoms. The highest BCUT2D eigenvalue weighted by molar-refractivity contribution is 7.86. The Labute approximate surface area is 84.5 Å². The molecular weight excluding hydrogens is 208 g/mol. The van der Waals surface area contributed by atoms with E-state index in [9.17, 15) is 8.42 Å². The summed E-state index contributed by atoms with van der Waals surface area (Å²) in [6.45, 7) is 0. The molecule has 14 heavy (non-hydrogen) atoms. The van der Waals surface area contributed by atoms with E-state index in [0.29, 0.717) is 12.8 Å². The van der Waals surface area contributed by atoms with Gasteiger partial charge < -0.3 is 9.47 Å². The van der Waals surface area contributed by atoms with Crippen LogP contribution < -0.4 is 0 Å². The van der Waals surface area contributed by atoms with Crippen molar-refractivity contribution in [2.24, 2.45) is 5.92 Å². The Bertz CT molecular complexity index is 272. The van der Waals surface area contributed by atoms with E-state index in [0.717, 1.165) is 0 Å². The van der Waals surface area contributed by atoms with E-state index in [2.05, 4.69) is 4.18 Å². The lowest BCUT2D eigenvalue weighted by atomic mass is 9.80. The fraction of sp³-hybridized carbons (Fsp3) is 1.00. The van der Waals surface area contributed by atoms with E-state index in [1.165, 1.54) is 7.11 Å². The van der Waals surface area contributed by atoms with Gasteiger partial charge in [0.25, 0.3) is 10.1 Å². The van der Waals surface area contributed by atoms with Crippen molar-refractivity contribution < 1.29 is 22.1 Å². The van der Waals surface area contributed by atoms with E-state index < -0.39 is 15.9 Å². The topological polar surface area (TPSA) is 61.8 Å². The average molecular weight is 224 g/mol. The van der Waals surface area contributed by atoms with E-state index in [1.807, 2.05) is 0 Å². The number of ether oxygens (including phenoxy) is 2. The molecule has 0 amide bonds. The van der Waals surface area contributed by atoms with Crippen LogP contribution in [-0.4, -0.2) is 41.3 Å². The maximum atomic E-state index is 11.1. The van der Waals surface area contributed by atoms with E-state index >= 15 is 0 Å². The molecule has 0 atom stereocenters. The van der Waals surface area contributed by atoms with Crippen molar-refractivity contribution in [3.63, 3.8) is 0 Å². The van der Waals surface area contributed by atoms with Crippen LogP contribution >= 0.6 is 0 Å². The maximum Gasteiger partial charge on any atom is 0.267 e. The number of hydrogen-bond donors (Lipinski definition) is 0. The second-order valence-electron chi connectivity index (χ2n) is 3.48. The number of rotatable bonds is 5. The van der Waals surface area contributed by atoms with Crippen molar-refractivity contribution in [2.75, 3.05) is 27.1 Å². The second-order valence-corrected chi connectivity index (χ2v) is 5.27. The van der Waals surface area contributed by atoms with Crippen LogP contribution in [0.25, 0.3) is 0 Å². The van der Waals surface area contributed by atoms with Gasteiger partial charge in [-0.3, -0.25) is 4.18 Å². The van der Waals surface area contributed by atoms with Crippen LogP contribution in [0.15, 0.2) is 0 Å². The molecule has 0 saturated heterocycles. The van der Waals surface area contributed by atoms with E-state index in [1.54, 1.807) is 14.2 Å². The Balaban J connectivity index is 2.42. The van der Waals surface area contributed by atoms with Crippen molar-refractivity contribution in [3.8, 4) is 0 Å². The number of methoxy groups -OCH3 is 2. The second kappa shape index (κ2) is 4.14. The molecule has 1 rings (SSSR count). The molecule has 0 unspecified atom stereocenters. The van der Waals surface area contributed by atoms with Gasteiger partial charge in [-0.25, -0.2) is 0 Å². The first kappa shape index (κ1) is 11.9. The van der Waals surface area contributed by atoms with Gasteiger partial charge >= 0.3 is 0 Å². The van der Waals surface area contributed by atoms with Crippen LogP contribution in [0.5, 0.6) is 0 Å². The fourth-order valence-electron chi connectivity index (χ4n) is 1.71. The monoisotopic (exact) mass is 224 g/mol. The van der Waals surface area contributed by atoms with Crippen molar-refractivity contribution in [1.29, 1.82) is 0 Å². The van der Waals surface area contributed by atoms with Crippen LogP contribution in [-0.2, 0) is 23.8 Å². The molecule has 1 aliphatic carbocycles. The summed E-state index contributed by atoms with van der Waals surface area (Å²) in [5, 5.41) is 0. The van der Waals surface area contributed by atoms with E-state index in [4.69, 9.17) is 9.47 Å². The van der Waals surface area contributed by atoms with Gasteiger partial charge in [-0.1, -0.05) is 0 Å². The molecule has 6 heteroatoms.